The maximum absolute atomic E-state index is 12.3. The van der Waals surface area contributed by atoms with Gasteiger partial charge in [-0.3, -0.25) is 4.79 Å². The lowest BCUT2D eigenvalue weighted by molar-refractivity contribution is -0.119. The molecule has 28 heavy (non-hydrogen) atoms. The molecule has 3 rings (SSSR count). The van der Waals surface area contributed by atoms with Gasteiger partial charge >= 0.3 is 0 Å². The Morgan fingerprint density at radius 3 is 2.61 bits per heavy atom. The fourth-order valence-electron chi connectivity index (χ4n) is 2.79. The second-order valence-electron chi connectivity index (χ2n) is 6.16. The Morgan fingerprint density at radius 2 is 1.93 bits per heavy atom. The van der Waals surface area contributed by atoms with Gasteiger partial charge in [0.25, 0.3) is 0 Å². The molecule has 1 amide bonds. The molecule has 0 saturated carbocycles. The highest BCUT2D eigenvalue weighted by atomic mass is 35.5. The van der Waals surface area contributed by atoms with Gasteiger partial charge in [0.1, 0.15) is 0 Å². The molecule has 0 bridgehead atoms. The number of nitrogens with one attached hydrogen (secondary N) is 1. The largest absolute Gasteiger partial charge is 0.349 e. The van der Waals surface area contributed by atoms with Gasteiger partial charge in [0.2, 0.25) is 5.91 Å². The number of carbonyl (C=O) groups excluding carboxylic acids is 1. The van der Waals surface area contributed by atoms with Gasteiger partial charge in [0, 0.05) is 17.1 Å². The molecule has 0 aliphatic rings. The quantitative estimate of drug-likeness (QED) is 0.516. The van der Waals surface area contributed by atoms with Crippen molar-refractivity contribution >= 4 is 40.9 Å². The van der Waals surface area contributed by atoms with Crippen LogP contribution in [0.2, 0.25) is 10.0 Å². The molecule has 8 heteroatoms. The molecule has 2 aromatic carbocycles. The first kappa shape index (κ1) is 20.7. The van der Waals surface area contributed by atoms with Crippen LogP contribution in [-0.2, 0) is 11.3 Å². The number of carbonyl (C=O) groups is 1. The molecule has 0 aliphatic heterocycles. The van der Waals surface area contributed by atoms with Crippen molar-refractivity contribution in [2.75, 3.05) is 5.75 Å². The van der Waals surface area contributed by atoms with Crippen LogP contribution >= 0.6 is 35.0 Å². The van der Waals surface area contributed by atoms with E-state index in [9.17, 15) is 4.79 Å². The van der Waals surface area contributed by atoms with Crippen LogP contribution in [0.5, 0.6) is 0 Å². The van der Waals surface area contributed by atoms with Crippen LogP contribution < -0.4 is 5.32 Å². The highest BCUT2D eigenvalue weighted by Crippen LogP contribution is 2.31. The lowest BCUT2D eigenvalue weighted by Crippen LogP contribution is -2.28. The smallest absolute Gasteiger partial charge is 0.230 e. The number of nitrogens with zero attached hydrogens (tertiary/aromatic N) is 3. The van der Waals surface area contributed by atoms with E-state index in [1.54, 1.807) is 12.1 Å². The van der Waals surface area contributed by atoms with Crippen LogP contribution in [0.1, 0.15) is 25.5 Å². The summed E-state index contributed by atoms with van der Waals surface area (Å²) in [6, 6.07) is 15.1. The maximum Gasteiger partial charge on any atom is 0.230 e. The summed E-state index contributed by atoms with van der Waals surface area (Å²) in [7, 11) is 0. The molecule has 1 N–H and O–H groups in total. The molecule has 1 unspecified atom stereocenters. The first-order valence-corrected chi connectivity index (χ1v) is 10.6. The second-order valence-corrected chi connectivity index (χ2v) is 7.95. The van der Waals surface area contributed by atoms with Crippen molar-refractivity contribution < 1.29 is 4.79 Å². The van der Waals surface area contributed by atoms with E-state index >= 15 is 0 Å². The average molecular weight is 435 g/mol. The van der Waals surface area contributed by atoms with Crippen LogP contribution in [0.3, 0.4) is 0 Å². The molecule has 0 spiro atoms. The van der Waals surface area contributed by atoms with Crippen molar-refractivity contribution in [2.45, 2.75) is 31.6 Å². The number of hydrogen-bond donors (Lipinski definition) is 1. The van der Waals surface area contributed by atoms with Gasteiger partial charge in [-0.05, 0) is 37.6 Å². The van der Waals surface area contributed by atoms with E-state index in [-0.39, 0.29) is 17.7 Å². The van der Waals surface area contributed by atoms with Crippen molar-refractivity contribution in [1.82, 2.24) is 20.1 Å². The standard InChI is InChI=1S/C20H20Cl2N4OS/c1-3-26-19(16-10-9-15(21)11-17(16)22)24-25-20(26)28-12-18(27)23-13(2)14-7-5-4-6-8-14/h4-11,13H,3,12H2,1-2H3,(H,23,27). The zero-order valence-electron chi connectivity index (χ0n) is 15.5. The van der Waals surface area contributed by atoms with E-state index in [4.69, 9.17) is 23.2 Å². The van der Waals surface area contributed by atoms with E-state index in [1.807, 2.05) is 54.8 Å². The van der Waals surface area contributed by atoms with Crippen LogP contribution in [0, 0.1) is 0 Å². The third-order valence-electron chi connectivity index (χ3n) is 4.21. The van der Waals surface area contributed by atoms with Crippen LogP contribution in [-0.4, -0.2) is 26.4 Å². The van der Waals surface area contributed by atoms with Crippen molar-refractivity contribution in [3.63, 3.8) is 0 Å². The molecule has 3 aromatic rings. The van der Waals surface area contributed by atoms with Crippen molar-refractivity contribution in [3.05, 3.63) is 64.1 Å². The Hall–Kier alpha value is -2.02. The monoisotopic (exact) mass is 434 g/mol. The van der Waals surface area contributed by atoms with Crippen molar-refractivity contribution in [3.8, 4) is 11.4 Å². The number of amides is 1. The number of hydrogen-bond acceptors (Lipinski definition) is 4. The Bertz CT molecular complexity index is 962. The Labute approximate surface area is 178 Å². The Kier molecular flexibility index (Phi) is 6.99. The first-order valence-electron chi connectivity index (χ1n) is 8.85. The molecular weight excluding hydrogens is 415 g/mol. The fourth-order valence-corrected chi connectivity index (χ4v) is 4.10. The number of rotatable bonds is 7. The van der Waals surface area contributed by atoms with Gasteiger partial charge in [-0.25, -0.2) is 0 Å². The summed E-state index contributed by atoms with van der Waals surface area (Å²) in [5, 5.41) is 13.3. The molecule has 0 aliphatic carbocycles. The summed E-state index contributed by atoms with van der Waals surface area (Å²) in [6.45, 7) is 4.62. The highest BCUT2D eigenvalue weighted by Gasteiger charge is 2.17. The molecule has 1 heterocycles. The second kappa shape index (κ2) is 9.45. The zero-order chi connectivity index (χ0) is 20.1. The lowest BCUT2D eigenvalue weighted by Gasteiger charge is -2.14. The normalized spacial score (nSPS) is 12.0. The van der Waals surface area contributed by atoms with Crippen molar-refractivity contribution in [2.24, 2.45) is 0 Å². The van der Waals surface area contributed by atoms with Crippen LogP contribution in [0.4, 0.5) is 0 Å². The van der Waals surface area contributed by atoms with Crippen LogP contribution in [0.15, 0.2) is 53.7 Å². The number of halogens is 2. The Balaban J connectivity index is 1.68. The van der Waals surface area contributed by atoms with Gasteiger partial charge < -0.3 is 9.88 Å². The summed E-state index contributed by atoms with van der Waals surface area (Å²) < 4.78 is 1.94. The van der Waals surface area contributed by atoms with E-state index in [2.05, 4.69) is 15.5 Å². The molecule has 1 atom stereocenters. The van der Waals surface area contributed by atoms with Gasteiger partial charge in [-0.2, -0.15) is 0 Å². The maximum atomic E-state index is 12.3. The predicted molar refractivity (Wildman–Crippen MR) is 115 cm³/mol. The van der Waals surface area contributed by atoms with Gasteiger partial charge in [-0.15, -0.1) is 10.2 Å². The minimum Gasteiger partial charge on any atom is -0.349 e. The molecule has 0 fully saturated rings. The highest BCUT2D eigenvalue weighted by molar-refractivity contribution is 7.99. The van der Waals surface area contributed by atoms with Gasteiger partial charge in [0.05, 0.1) is 16.8 Å². The lowest BCUT2D eigenvalue weighted by atomic mass is 10.1. The van der Waals surface area contributed by atoms with Crippen LogP contribution in [0.25, 0.3) is 11.4 Å². The summed E-state index contributed by atoms with van der Waals surface area (Å²) >= 11 is 13.6. The van der Waals surface area contributed by atoms with E-state index in [0.29, 0.717) is 27.6 Å². The van der Waals surface area contributed by atoms with Gasteiger partial charge in [0.15, 0.2) is 11.0 Å². The average Bonchev–Trinajstić information content (AvgIpc) is 3.09. The minimum absolute atomic E-state index is 0.0539. The molecule has 146 valence electrons. The summed E-state index contributed by atoms with van der Waals surface area (Å²) in [5.74, 6) is 0.853. The van der Waals surface area contributed by atoms with E-state index in [1.165, 1.54) is 11.8 Å². The third-order valence-corrected chi connectivity index (χ3v) is 5.73. The SMILES string of the molecule is CCn1c(SCC(=O)NC(C)c2ccccc2)nnc1-c1ccc(Cl)cc1Cl. The van der Waals surface area contributed by atoms with E-state index in [0.717, 1.165) is 11.1 Å². The Morgan fingerprint density at radius 1 is 1.18 bits per heavy atom. The molecule has 0 radical (unpaired) electrons. The number of aromatic nitrogens is 3. The van der Waals surface area contributed by atoms with E-state index < -0.39 is 0 Å². The molecule has 5 nitrogen and oxygen atoms in total. The number of thioether (sulfide) groups is 1. The third kappa shape index (κ3) is 4.87. The predicted octanol–water partition coefficient (Wildman–Crippen LogP) is 5.24. The minimum atomic E-state index is -0.0573. The summed E-state index contributed by atoms with van der Waals surface area (Å²) in [5.41, 5.74) is 1.83. The number of benzene rings is 2. The topological polar surface area (TPSA) is 59.8 Å². The fraction of sp³-hybridized carbons (Fsp3) is 0.250. The van der Waals surface area contributed by atoms with Gasteiger partial charge in [-0.1, -0.05) is 65.3 Å². The molecule has 0 saturated heterocycles. The zero-order valence-corrected chi connectivity index (χ0v) is 17.9. The summed E-state index contributed by atoms with van der Waals surface area (Å²) in [6.07, 6.45) is 0. The molecular formula is C20H20Cl2N4OS. The first-order chi connectivity index (χ1) is 13.5. The molecule has 1 aromatic heterocycles. The summed E-state index contributed by atoms with van der Waals surface area (Å²) in [4.78, 5) is 12.3. The van der Waals surface area contributed by atoms with Crippen molar-refractivity contribution in [1.29, 1.82) is 0 Å².